The molecule has 0 unspecified atom stereocenters. The summed E-state index contributed by atoms with van der Waals surface area (Å²) in [5, 5.41) is 0. The number of para-hydroxylation sites is 2. The van der Waals surface area contributed by atoms with Crippen molar-refractivity contribution >= 4 is 17.0 Å². The third kappa shape index (κ3) is 3.55. The third-order valence-electron chi connectivity index (χ3n) is 4.70. The lowest BCUT2D eigenvalue weighted by atomic mass is 10.1. The van der Waals surface area contributed by atoms with Crippen LogP contribution in [0.5, 0.6) is 11.8 Å². The van der Waals surface area contributed by atoms with Crippen LogP contribution in [0.4, 0.5) is 0 Å². The van der Waals surface area contributed by atoms with Gasteiger partial charge in [-0.05, 0) is 25.0 Å². The van der Waals surface area contributed by atoms with Crippen molar-refractivity contribution in [3.05, 3.63) is 47.2 Å². The summed E-state index contributed by atoms with van der Waals surface area (Å²) in [6.45, 7) is 0.945. The Hall–Kier alpha value is -3.36. The van der Waals surface area contributed by atoms with Gasteiger partial charge in [-0.25, -0.2) is 14.8 Å². The van der Waals surface area contributed by atoms with Gasteiger partial charge in [0.2, 0.25) is 5.91 Å². The molecule has 1 atom stereocenters. The van der Waals surface area contributed by atoms with Gasteiger partial charge >= 0.3 is 5.76 Å². The number of ether oxygens (including phenoxy) is 2. The summed E-state index contributed by atoms with van der Waals surface area (Å²) < 4.78 is 17.6. The molecule has 1 saturated heterocycles. The molecule has 1 aliphatic rings. The lowest BCUT2D eigenvalue weighted by Crippen LogP contribution is -2.46. The van der Waals surface area contributed by atoms with Crippen LogP contribution in [0, 0.1) is 0 Å². The highest BCUT2D eigenvalue weighted by molar-refractivity contribution is 5.79. The molecule has 146 valence electrons. The molecule has 3 heterocycles. The van der Waals surface area contributed by atoms with Gasteiger partial charge in [0, 0.05) is 18.9 Å². The van der Waals surface area contributed by atoms with Gasteiger partial charge in [0.25, 0.3) is 11.8 Å². The number of amides is 1. The predicted octanol–water partition coefficient (Wildman–Crippen LogP) is 1.46. The summed E-state index contributed by atoms with van der Waals surface area (Å²) in [6, 6.07) is 7.05. The number of hydrogen-bond donors (Lipinski definition) is 0. The molecule has 3 aromatic rings. The number of carbonyl (C=O) groups excluding carboxylic acids is 1. The van der Waals surface area contributed by atoms with Crippen molar-refractivity contribution in [3.63, 3.8) is 0 Å². The van der Waals surface area contributed by atoms with Crippen LogP contribution in [-0.2, 0) is 11.3 Å². The second kappa shape index (κ2) is 7.71. The Morgan fingerprint density at radius 1 is 1.25 bits per heavy atom. The lowest BCUT2D eigenvalue weighted by Gasteiger charge is -2.32. The largest absolute Gasteiger partial charge is 0.477 e. The first-order valence-corrected chi connectivity index (χ1v) is 9.03. The number of hydrogen-bond acceptors (Lipinski definition) is 7. The van der Waals surface area contributed by atoms with E-state index in [2.05, 4.69) is 9.97 Å². The number of aromatic nitrogens is 3. The Morgan fingerprint density at radius 3 is 2.86 bits per heavy atom. The van der Waals surface area contributed by atoms with Crippen molar-refractivity contribution in [2.45, 2.75) is 25.5 Å². The first kappa shape index (κ1) is 18.0. The van der Waals surface area contributed by atoms with E-state index in [0.29, 0.717) is 35.9 Å². The zero-order valence-electron chi connectivity index (χ0n) is 15.4. The molecule has 0 radical (unpaired) electrons. The van der Waals surface area contributed by atoms with Gasteiger partial charge in [0.05, 0.1) is 19.2 Å². The van der Waals surface area contributed by atoms with E-state index in [1.165, 1.54) is 24.1 Å². The van der Waals surface area contributed by atoms with Gasteiger partial charge in [-0.3, -0.25) is 9.36 Å². The second-order valence-corrected chi connectivity index (χ2v) is 6.51. The van der Waals surface area contributed by atoms with E-state index < -0.39 is 5.76 Å². The van der Waals surface area contributed by atoms with Crippen LogP contribution in [0.1, 0.15) is 12.8 Å². The molecule has 9 nitrogen and oxygen atoms in total. The zero-order chi connectivity index (χ0) is 19.5. The first-order valence-electron chi connectivity index (χ1n) is 9.03. The van der Waals surface area contributed by atoms with Gasteiger partial charge in [-0.2, -0.15) is 0 Å². The molecule has 1 aliphatic heterocycles. The molecular formula is C19H20N4O5. The van der Waals surface area contributed by atoms with Gasteiger partial charge in [-0.1, -0.05) is 12.1 Å². The standard InChI is InChI=1S/C19H20N4O5/c1-26-17-18(21-9-8-20-17)27-13-5-4-10-22(11-13)16(24)12-23-14-6-2-3-7-15(14)28-19(23)25/h2-3,6-9,13H,4-5,10-12H2,1H3/t13-/m1/s1. The maximum absolute atomic E-state index is 12.8. The first-order chi connectivity index (χ1) is 13.7. The average Bonchev–Trinajstić information content (AvgIpc) is 3.04. The zero-order valence-corrected chi connectivity index (χ0v) is 15.4. The highest BCUT2D eigenvalue weighted by Crippen LogP contribution is 2.24. The molecule has 1 aromatic carbocycles. The molecule has 0 saturated carbocycles. The number of rotatable bonds is 5. The minimum atomic E-state index is -0.538. The summed E-state index contributed by atoms with van der Waals surface area (Å²) in [4.78, 5) is 34.8. The quantitative estimate of drug-likeness (QED) is 0.657. The number of carbonyl (C=O) groups is 1. The molecule has 2 aromatic heterocycles. The molecule has 0 spiro atoms. The Labute approximate surface area is 160 Å². The highest BCUT2D eigenvalue weighted by atomic mass is 16.5. The smallest absolute Gasteiger partial charge is 0.420 e. The van der Waals surface area contributed by atoms with Crippen LogP contribution in [0.25, 0.3) is 11.1 Å². The molecule has 4 rings (SSSR count). The van der Waals surface area contributed by atoms with Crippen LogP contribution in [0.2, 0.25) is 0 Å². The molecular weight excluding hydrogens is 364 g/mol. The number of likely N-dealkylation sites (tertiary alicyclic amines) is 1. The fourth-order valence-corrected chi connectivity index (χ4v) is 3.35. The summed E-state index contributed by atoms with van der Waals surface area (Å²) in [7, 11) is 1.50. The SMILES string of the molecule is COc1nccnc1O[C@@H]1CCCN(C(=O)Cn2c(=O)oc3ccccc32)C1. The Bertz CT molecular complexity index is 1040. The fraction of sp³-hybridized carbons (Fsp3) is 0.368. The highest BCUT2D eigenvalue weighted by Gasteiger charge is 2.27. The maximum Gasteiger partial charge on any atom is 0.420 e. The third-order valence-corrected chi connectivity index (χ3v) is 4.70. The predicted molar refractivity (Wildman–Crippen MR) is 99.3 cm³/mol. The van der Waals surface area contributed by atoms with E-state index in [4.69, 9.17) is 13.9 Å². The Balaban J connectivity index is 1.46. The fourth-order valence-electron chi connectivity index (χ4n) is 3.35. The minimum absolute atomic E-state index is 0.0724. The number of oxazole rings is 1. The van der Waals surface area contributed by atoms with E-state index >= 15 is 0 Å². The number of piperidine rings is 1. The number of fused-ring (bicyclic) bond motifs is 1. The van der Waals surface area contributed by atoms with E-state index in [1.54, 1.807) is 29.2 Å². The van der Waals surface area contributed by atoms with Gasteiger partial charge in [0.15, 0.2) is 5.58 Å². The van der Waals surface area contributed by atoms with Crippen molar-refractivity contribution in [2.75, 3.05) is 20.2 Å². The Morgan fingerprint density at radius 2 is 2.04 bits per heavy atom. The minimum Gasteiger partial charge on any atom is -0.477 e. The maximum atomic E-state index is 12.8. The van der Waals surface area contributed by atoms with E-state index in [-0.39, 0.29) is 18.6 Å². The van der Waals surface area contributed by atoms with Gasteiger partial charge < -0.3 is 18.8 Å². The number of methoxy groups -OCH3 is 1. The van der Waals surface area contributed by atoms with Crippen molar-refractivity contribution in [2.24, 2.45) is 0 Å². The second-order valence-electron chi connectivity index (χ2n) is 6.51. The van der Waals surface area contributed by atoms with E-state index in [1.807, 2.05) is 0 Å². The van der Waals surface area contributed by atoms with Crippen LogP contribution in [0.3, 0.4) is 0 Å². The molecule has 0 bridgehead atoms. The molecule has 1 fully saturated rings. The van der Waals surface area contributed by atoms with Gasteiger partial charge in [0.1, 0.15) is 12.6 Å². The molecule has 9 heteroatoms. The van der Waals surface area contributed by atoms with Crippen molar-refractivity contribution in [3.8, 4) is 11.8 Å². The summed E-state index contributed by atoms with van der Waals surface area (Å²) in [5.74, 6) is -0.0829. The molecule has 0 aliphatic carbocycles. The van der Waals surface area contributed by atoms with Crippen molar-refractivity contribution < 1.29 is 18.7 Å². The van der Waals surface area contributed by atoms with Gasteiger partial charge in [-0.15, -0.1) is 0 Å². The summed E-state index contributed by atoms with van der Waals surface area (Å²) >= 11 is 0. The normalized spacial score (nSPS) is 16.9. The van der Waals surface area contributed by atoms with Crippen molar-refractivity contribution in [1.29, 1.82) is 0 Å². The number of benzene rings is 1. The number of nitrogens with zero attached hydrogens (tertiary/aromatic N) is 4. The summed E-state index contributed by atoms with van der Waals surface area (Å²) in [5.41, 5.74) is 1.07. The molecule has 28 heavy (non-hydrogen) atoms. The molecule has 1 amide bonds. The van der Waals surface area contributed by atoms with Crippen LogP contribution >= 0.6 is 0 Å². The van der Waals surface area contributed by atoms with Crippen LogP contribution in [-0.4, -0.2) is 51.6 Å². The average molecular weight is 384 g/mol. The lowest BCUT2D eigenvalue weighted by molar-refractivity contribution is -0.134. The monoisotopic (exact) mass is 384 g/mol. The molecule has 0 N–H and O–H groups in total. The summed E-state index contributed by atoms with van der Waals surface area (Å²) in [6.07, 6.45) is 4.41. The van der Waals surface area contributed by atoms with Crippen LogP contribution in [0.15, 0.2) is 45.9 Å². The van der Waals surface area contributed by atoms with Crippen LogP contribution < -0.4 is 15.2 Å². The topological polar surface area (TPSA) is 99.7 Å². The van der Waals surface area contributed by atoms with E-state index in [0.717, 1.165) is 12.8 Å². The van der Waals surface area contributed by atoms with E-state index in [9.17, 15) is 9.59 Å². The van der Waals surface area contributed by atoms with Crippen molar-refractivity contribution in [1.82, 2.24) is 19.4 Å². The Kier molecular flexibility index (Phi) is 4.96.